The largest absolute Gasteiger partial charge is 0.493 e. The summed E-state index contributed by atoms with van der Waals surface area (Å²) in [6.07, 6.45) is 2.33. The van der Waals surface area contributed by atoms with Gasteiger partial charge >= 0.3 is 0 Å². The molecule has 1 aromatic carbocycles. The number of hydrogen-bond acceptors (Lipinski definition) is 5. The van der Waals surface area contributed by atoms with Gasteiger partial charge < -0.3 is 24.4 Å². The van der Waals surface area contributed by atoms with Crippen molar-refractivity contribution in [2.75, 3.05) is 67.2 Å². The Balaban J connectivity index is 2.27. The summed E-state index contributed by atoms with van der Waals surface area (Å²) in [7, 11) is 5.45. The molecule has 0 amide bonds. The Morgan fingerprint density at radius 3 is 2.55 bits per heavy atom. The Hall–Kier alpha value is -1.99. The molecule has 0 radical (unpaired) electrons. The monoisotopic (exact) mass is 406 g/mol. The van der Waals surface area contributed by atoms with Crippen molar-refractivity contribution in [3.63, 3.8) is 0 Å². The number of nitrogens with zero attached hydrogens (tertiary/aromatic N) is 3. The third-order valence-corrected chi connectivity index (χ3v) is 5.24. The SMILES string of the molecule is CCCCN(C)C(=NCC(c1ccc(OC)c(OC)c1)N1CCOCC1)NCC. The lowest BCUT2D eigenvalue weighted by atomic mass is 10.0. The summed E-state index contributed by atoms with van der Waals surface area (Å²) in [5.41, 5.74) is 1.18. The summed E-state index contributed by atoms with van der Waals surface area (Å²) in [6, 6.07) is 6.32. The van der Waals surface area contributed by atoms with Crippen molar-refractivity contribution in [3.8, 4) is 11.5 Å². The molecule has 0 spiro atoms. The molecular formula is C22H38N4O3. The van der Waals surface area contributed by atoms with Crippen LogP contribution in [-0.2, 0) is 4.74 Å². The van der Waals surface area contributed by atoms with E-state index in [-0.39, 0.29) is 6.04 Å². The number of methoxy groups -OCH3 is 2. The van der Waals surface area contributed by atoms with E-state index in [0.29, 0.717) is 6.54 Å². The lowest BCUT2D eigenvalue weighted by molar-refractivity contribution is 0.0179. The van der Waals surface area contributed by atoms with Gasteiger partial charge in [0.25, 0.3) is 0 Å². The molecule has 1 N–H and O–H groups in total. The molecular weight excluding hydrogens is 368 g/mol. The van der Waals surface area contributed by atoms with E-state index in [4.69, 9.17) is 19.2 Å². The number of morpholine rings is 1. The third kappa shape index (κ3) is 6.78. The van der Waals surface area contributed by atoms with Crippen LogP contribution in [0.25, 0.3) is 0 Å². The molecule has 0 bridgehead atoms. The van der Waals surface area contributed by atoms with Crippen LogP contribution >= 0.6 is 0 Å². The fraction of sp³-hybridized carbons (Fsp3) is 0.682. The highest BCUT2D eigenvalue weighted by Crippen LogP contribution is 2.32. The number of benzene rings is 1. The molecule has 1 atom stereocenters. The molecule has 1 aliphatic heterocycles. The highest BCUT2D eigenvalue weighted by atomic mass is 16.5. The molecule has 0 saturated carbocycles. The van der Waals surface area contributed by atoms with E-state index in [1.54, 1.807) is 14.2 Å². The van der Waals surface area contributed by atoms with Crippen LogP contribution < -0.4 is 14.8 Å². The van der Waals surface area contributed by atoms with E-state index in [1.807, 2.05) is 6.07 Å². The maximum Gasteiger partial charge on any atom is 0.193 e. The van der Waals surface area contributed by atoms with Gasteiger partial charge in [0.05, 0.1) is 40.0 Å². The number of guanidine groups is 1. The third-order valence-electron chi connectivity index (χ3n) is 5.24. The molecule has 7 heteroatoms. The van der Waals surface area contributed by atoms with E-state index in [0.717, 1.165) is 63.3 Å². The van der Waals surface area contributed by atoms with Crippen molar-refractivity contribution in [3.05, 3.63) is 23.8 Å². The van der Waals surface area contributed by atoms with Gasteiger partial charge in [-0.3, -0.25) is 9.89 Å². The molecule has 0 aromatic heterocycles. The second-order valence-corrected chi connectivity index (χ2v) is 7.25. The molecule has 164 valence electrons. The first-order valence-electron chi connectivity index (χ1n) is 10.7. The minimum atomic E-state index is 0.159. The molecule has 29 heavy (non-hydrogen) atoms. The Morgan fingerprint density at radius 1 is 1.21 bits per heavy atom. The fourth-order valence-electron chi connectivity index (χ4n) is 3.52. The fourth-order valence-corrected chi connectivity index (χ4v) is 3.52. The van der Waals surface area contributed by atoms with E-state index in [2.05, 4.69) is 48.1 Å². The van der Waals surface area contributed by atoms with Crippen molar-refractivity contribution in [2.45, 2.75) is 32.7 Å². The normalized spacial score (nSPS) is 16.4. The van der Waals surface area contributed by atoms with Crippen molar-refractivity contribution < 1.29 is 14.2 Å². The molecule has 1 aliphatic rings. The van der Waals surface area contributed by atoms with Gasteiger partial charge in [-0.1, -0.05) is 19.4 Å². The molecule has 1 fully saturated rings. The lowest BCUT2D eigenvalue weighted by Crippen LogP contribution is -2.42. The zero-order chi connectivity index (χ0) is 21.1. The van der Waals surface area contributed by atoms with Gasteiger partial charge in [0.2, 0.25) is 0 Å². The van der Waals surface area contributed by atoms with Crippen LogP contribution in [0.4, 0.5) is 0 Å². The van der Waals surface area contributed by atoms with Gasteiger partial charge in [-0.05, 0) is 31.0 Å². The number of nitrogens with one attached hydrogen (secondary N) is 1. The van der Waals surface area contributed by atoms with Crippen LogP contribution in [0.1, 0.15) is 38.3 Å². The van der Waals surface area contributed by atoms with Crippen LogP contribution in [0, 0.1) is 0 Å². The zero-order valence-electron chi connectivity index (χ0n) is 18.7. The smallest absolute Gasteiger partial charge is 0.193 e. The molecule has 0 aliphatic carbocycles. The number of rotatable bonds is 10. The maximum atomic E-state index is 5.57. The first-order chi connectivity index (χ1) is 14.1. The Labute approximate surface area is 176 Å². The van der Waals surface area contributed by atoms with Crippen molar-refractivity contribution in [2.24, 2.45) is 4.99 Å². The molecule has 1 saturated heterocycles. The van der Waals surface area contributed by atoms with E-state index in [9.17, 15) is 0 Å². The van der Waals surface area contributed by atoms with E-state index < -0.39 is 0 Å². The summed E-state index contributed by atoms with van der Waals surface area (Å²) in [4.78, 5) is 9.66. The summed E-state index contributed by atoms with van der Waals surface area (Å²) in [6.45, 7) is 10.2. The van der Waals surface area contributed by atoms with E-state index >= 15 is 0 Å². The molecule has 1 aromatic rings. The average molecular weight is 407 g/mol. The highest BCUT2D eigenvalue weighted by Gasteiger charge is 2.24. The predicted molar refractivity (Wildman–Crippen MR) is 118 cm³/mol. The minimum Gasteiger partial charge on any atom is -0.493 e. The second-order valence-electron chi connectivity index (χ2n) is 7.25. The number of ether oxygens (including phenoxy) is 3. The summed E-state index contributed by atoms with van der Waals surface area (Å²) in [5, 5.41) is 3.43. The Bertz CT molecular complexity index is 632. The number of hydrogen-bond donors (Lipinski definition) is 1. The van der Waals surface area contributed by atoms with Crippen molar-refractivity contribution in [1.82, 2.24) is 15.1 Å². The van der Waals surface area contributed by atoms with Crippen molar-refractivity contribution in [1.29, 1.82) is 0 Å². The molecule has 1 heterocycles. The highest BCUT2D eigenvalue weighted by molar-refractivity contribution is 5.79. The zero-order valence-corrected chi connectivity index (χ0v) is 18.7. The molecule has 1 unspecified atom stereocenters. The molecule has 7 nitrogen and oxygen atoms in total. The van der Waals surface area contributed by atoms with Gasteiger partial charge in [-0.15, -0.1) is 0 Å². The van der Waals surface area contributed by atoms with Crippen LogP contribution in [0.2, 0.25) is 0 Å². The average Bonchev–Trinajstić information content (AvgIpc) is 2.77. The van der Waals surface area contributed by atoms with Gasteiger partial charge in [-0.2, -0.15) is 0 Å². The predicted octanol–water partition coefficient (Wildman–Crippen LogP) is 2.77. The van der Waals surface area contributed by atoms with Gasteiger partial charge in [-0.25, -0.2) is 0 Å². The summed E-state index contributed by atoms with van der Waals surface area (Å²) in [5.74, 6) is 2.45. The Morgan fingerprint density at radius 2 is 1.93 bits per heavy atom. The van der Waals surface area contributed by atoms with Crippen molar-refractivity contribution >= 4 is 5.96 Å². The van der Waals surface area contributed by atoms with Crippen LogP contribution in [-0.4, -0.2) is 83.0 Å². The van der Waals surface area contributed by atoms with Crippen LogP contribution in [0.5, 0.6) is 11.5 Å². The first-order valence-corrected chi connectivity index (χ1v) is 10.7. The van der Waals surface area contributed by atoms with Crippen LogP contribution in [0.15, 0.2) is 23.2 Å². The van der Waals surface area contributed by atoms with Crippen LogP contribution in [0.3, 0.4) is 0 Å². The van der Waals surface area contributed by atoms with Gasteiger partial charge in [0.15, 0.2) is 17.5 Å². The number of unbranched alkanes of at least 4 members (excludes halogenated alkanes) is 1. The Kier molecular flexibility index (Phi) is 10.1. The lowest BCUT2D eigenvalue weighted by Gasteiger charge is -2.34. The molecule has 2 rings (SSSR count). The summed E-state index contributed by atoms with van der Waals surface area (Å²) >= 11 is 0. The topological polar surface area (TPSA) is 58.6 Å². The van der Waals surface area contributed by atoms with Gasteiger partial charge in [0.1, 0.15) is 0 Å². The summed E-state index contributed by atoms with van der Waals surface area (Å²) < 4.78 is 16.5. The number of aliphatic imine (C=N–C) groups is 1. The second kappa shape index (κ2) is 12.5. The first kappa shape index (κ1) is 23.3. The van der Waals surface area contributed by atoms with E-state index in [1.165, 1.54) is 12.0 Å². The maximum absolute atomic E-state index is 5.57. The quantitative estimate of drug-likeness (QED) is 0.476. The standard InChI is InChI=1S/C22H38N4O3/c1-6-8-11-25(3)22(23-7-2)24-17-19(26-12-14-29-15-13-26)18-9-10-20(27-4)21(16-18)28-5/h9-10,16,19H,6-8,11-15,17H2,1-5H3,(H,23,24). The van der Waals surface area contributed by atoms with Gasteiger partial charge in [0, 0.05) is 33.2 Å². The minimum absolute atomic E-state index is 0.159.